The van der Waals surface area contributed by atoms with Crippen LogP contribution in [0.2, 0.25) is 0 Å². The summed E-state index contributed by atoms with van der Waals surface area (Å²) in [6.45, 7) is 1.03. The number of methoxy groups -OCH3 is 1. The zero-order chi connectivity index (χ0) is 20.5. The van der Waals surface area contributed by atoms with Crippen molar-refractivity contribution in [2.75, 3.05) is 20.5 Å². The van der Waals surface area contributed by atoms with Crippen LogP contribution in [0, 0.1) is 0 Å². The maximum atomic E-state index is 12.2. The number of carboxylic acids is 1. The molecule has 0 fully saturated rings. The van der Waals surface area contributed by atoms with E-state index in [2.05, 4.69) is 0 Å². The molecule has 2 aliphatic heterocycles. The highest BCUT2D eigenvalue weighted by Crippen LogP contribution is 2.48. The van der Waals surface area contributed by atoms with Crippen LogP contribution in [-0.2, 0) is 14.3 Å². The minimum Gasteiger partial charge on any atom is -0.497 e. The molecule has 4 rings (SSSR count). The lowest BCUT2D eigenvalue weighted by Gasteiger charge is -2.29. The van der Waals surface area contributed by atoms with Crippen molar-refractivity contribution in [2.24, 2.45) is 0 Å². The maximum Gasteiger partial charge on any atom is 0.336 e. The quantitative estimate of drug-likeness (QED) is 0.768. The lowest BCUT2D eigenvalue weighted by atomic mass is 9.82. The Kier molecular flexibility index (Phi) is 4.75. The molecule has 0 saturated carbocycles. The first-order valence-corrected chi connectivity index (χ1v) is 8.83. The van der Waals surface area contributed by atoms with E-state index in [0.717, 1.165) is 0 Å². The highest BCUT2D eigenvalue weighted by molar-refractivity contribution is 5.91. The molecule has 0 saturated heterocycles. The van der Waals surface area contributed by atoms with Crippen molar-refractivity contribution in [3.05, 3.63) is 58.9 Å². The topological polar surface area (TPSA) is 101 Å². The summed E-state index contributed by atoms with van der Waals surface area (Å²) in [7, 11) is 1.55. The number of carbonyl (C=O) groups is 2. The molecule has 0 unspecified atom stereocenters. The molecule has 2 aromatic carbocycles. The first-order chi connectivity index (χ1) is 14.0. The number of carboxylic acid groups (broad SMARTS) is 1. The van der Waals surface area contributed by atoms with Crippen molar-refractivity contribution >= 4 is 11.9 Å². The molecule has 0 aliphatic carbocycles. The Bertz CT molecular complexity index is 1010. The van der Waals surface area contributed by atoms with Gasteiger partial charge in [0.2, 0.25) is 6.79 Å². The number of hydrogen-bond acceptors (Lipinski definition) is 7. The van der Waals surface area contributed by atoms with Gasteiger partial charge in [0.25, 0.3) is 0 Å². The Morgan fingerprint density at radius 2 is 1.79 bits per heavy atom. The molecule has 1 atom stereocenters. The summed E-state index contributed by atoms with van der Waals surface area (Å²) in [5.41, 5.74) is 1.32. The van der Waals surface area contributed by atoms with Crippen LogP contribution in [0.25, 0.3) is 0 Å². The fourth-order valence-electron chi connectivity index (χ4n) is 3.42. The third-order valence-corrected chi connectivity index (χ3v) is 4.72. The second-order valence-corrected chi connectivity index (χ2v) is 6.47. The Balaban J connectivity index is 1.88. The second kappa shape index (κ2) is 7.38. The van der Waals surface area contributed by atoms with E-state index in [0.29, 0.717) is 34.1 Å². The summed E-state index contributed by atoms with van der Waals surface area (Å²) >= 11 is 0. The number of hydrogen-bond donors (Lipinski definition) is 1. The molecule has 2 aromatic rings. The minimum absolute atomic E-state index is 0.0113. The lowest BCUT2D eigenvalue weighted by Crippen LogP contribution is -2.25. The summed E-state index contributed by atoms with van der Waals surface area (Å²) in [6, 6.07) is 10.5. The summed E-state index contributed by atoms with van der Waals surface area (Å²) in [4.78, 5) is 23.5. The van der Waals surface area contributed by atoms with Crippen LogP contribution in [0.15, 0.2) is 47.7 Å². The van der Waals surface area contributed by atoms with E-state index in [4.69, 9.17) is 23.7 Å². The first-order valence-electron chi connectivity index (χ1n) is 8.83. The average molecular weight is 398 g/mol. The molecule has 0 radical (unpaired) electrons. The minimum atomic E-state index is -1.17. The summed E-state index contributed by atoms with van der Waals surface area (Å²) in [6.07, 6.45) is 0. The average Bonchev–Trinajstić information content (AvgIpc) is 3.16. The number of fused-ring (bicyclic) bond motifs is 2. The van der Waals surface area contributed by atoms with Gasteiger partial charge in [0.1, 0.15) is 18.1 Å². The molecule has 2 heterocycles. The molecular formula is C21H18O8. The number of ether oxygens (including phenoxy) is 5. The fourth-order valence-corrected chi connectivity index (χ4v) is 3.42. The highest BCUT2D eigenvalue weighted by atomic mass is 16.7. The number of aliphatic carboxylic acids is 1. The van der Waals surface area contributed by atoms with Crippen LogP contribution in [0.5, 0.6) is 23.0 Å². The summed E-state index contributed by atoms with van der Waals surface area (Å²) in [5, 5.41) is 9.97. The Hall–Kier alpha value is -3.68. The maximum absolute atomic E-state index is 12.2. The molecule has 0 aromatic heterocycles. The van der Waals surface area contributed by atoms with Gasteiger partial charge in [-0.2, -0.15) is 0 Å². The van der Waals surface area contributed by atoms with E-state index in [1.165, 1.54) is 6.92 Å². The van der Waals surface area contributed by atoms with Gasteiger partial charge < -0.3 is 28.8 Å². The number of benzene rings is 2. The van der Waals surface area contributed by atoms with Crippen LogP contribution in [0.3, 0.4) is 0 Å². The van der Waals surface area contributed by atoms with E-state index in [-0.39, 0.29) is 24.7 Å². The van der Waals surface area contributed by atoms with Crippen LogP contribution in [0.1, 0.15) is 24.0 Å². The molecule has 0 bridgehead atoms. The molecule has 29 heavy (non-hydrogen) atoms. The fraction of sp³-hybridized carbons (Fsp3) is 0.238. The van der Waals surface area contributed by atoms with E-state index in [1.807, 2.05) is 0 Å². The van der Waals surface area contributed by atoms with Gasteiger partial charge in [0, 0.05) is 24.5 Å². The van der Waals surface area contributed by atoms with Gasteiger partial charge >= 0.3 is 11.9 Å². The monoisotopic (exact) mass is 398 g/mol. The SMILES string of the molecule is COc1ccc([C@@H]2C(C(=O)O)=C(COC(C)=O)Oc3cc4c(cc32)OCO4)cc1. The van der Waals surface area contributed by atoms with Gasteiger partial charge in [-0.3, -0.25) is 4.79 Å². The number of rotatable bonds is 5. The normalized spacial score (nSPS) is 16.7. The van der Waals surface area contributed by atoms with Gasteiger partial charge in [0.05, 0.1) is 12.7 Å². The van der Waals surface area contributed by atoms with E-state index >= 15 is 0 Å². The van der Waals surface area contributed by atoms with E-state index in [9.17, 15) is 14.7 Å². The zero-order valence-corrected chi connectivity index (χ0v) is 15.8. The molecule has 1 N–H and O–H groups in total. The van der Waals surface area contributed by atoms with E-state index < -0.39 is 17.9 Å². The van der Waals surface area contributed by atoms with E-state index in [1.54, 1.807) is 43.5 Å². The molecule has 8 nitrogen and oxygen atoms in total. The number of esters is 1. The first kappa shape index (κ1) is 18.7. The summed E-state index contributed by atoms with van der Waals surface area (Å²) < 4.78 is 26.9. The van der Waals surface area contributed by atoms with Gasteiger partial charge in [-0.05, 0) is 23.8 Å². The molecular weight excluding hydrogens is 380 g/mol. The van der Waals surface area contributed by atoms with Crippen molar-refractivity contribution in [1.29, 1.82) is 0 Å². The predicted octanol–water partition coefficient (Wildman–Crippen LogP) is 2.85. The third-order valence-electron chi connectivity index (χ3n) is 4.72. The number of carbonyl (C=O) groups excluding carboxylic acids is 1. The van der Waals surface area contributed by atoms with Crippen molar-refractivity contribution in [3.63, 3.8) is 0 Å². The van der Waals surface area contributed by atoms with Crippen molar-refractivity contribution < 1.29 is 38.4 Å². The van der Waals surface area contributed by atoms with Crippen LogP contribution in [-0.4, -0.2) is 37.6 Å². The zero-order valence-electron chi connectivity index (χ0n) is 15.8. The highest BCUT2D eigenvalue weighted by Gasteiger charge is 2.37. The van der Waals surface area contributed by atoms with Gasteiger partial charge in [-0.25, -0.2) is 4.79 Å². The Morgan fingerprint density at radius 1 is 1.10 bits per heavy atom. The van der Waals surface area contributed by atoms with Crippen molar-refractivity contribution in [1.82, 2.24) is 0 Å². The van der Waals surface area contributed by atoms with Crippen LogP contribution in [0.4, 0.5) is 0 Å². The third kappa shape index (κ3) is 3.44. The molecule has 8 heteroatoms. The Labute approximate surface area is 166 Å². The van der Waals surface area contributed by atoms with Gasteiger partial charge in [0.15, 0.2) is 17.3 Å². The lowest BCUT2D eigenvalue weighted by molar-refractivity contribution is -0.141. The Morgan fingerprint density at radius 3 is 2.41 bits per heavy atom. The van der Waals surface area contributed by atoms with Gasteiger partial charge in [-0.1, -0.05) is 12.1 Å². The van der Waals surface area contributed by atoms with Crippen LogP contribution < -0.4 is 18.9 Å². The van der Waals surface area contributed by atoms with Crippen molar-refractivity contribution in [2.45, 2.75) is 12.8 Å². The standard InChI is InChI=1S/C21H18O8/c1-11(22)26-9-18-20(21(23)24)19(12-3-5-13(25-2)6-4-12)14-7-16-17(28-10-27-16)8-15(14)29-18/h3-8,19H,9-10H2,1-2H3,(H,23,24)/t19-/m0/s1. The summed E-state index contributed by atoms with van der Waals surface area (Å²) in [5.74, 6) is -0.237. The predicted molar refractivity (Wildman–Crippen MR) is 99.3 cm³/mol. The molecule has 150 valence electrons. The second-order valence-electron chi connectivity index (χ2n) is 6.47. The van der Waals surface area contributed by atoms with Crippen LogP contribution >= 0.6 is 0 Å². The molecule has 2 aliphatic rings. The molecule has 0 spiro atoms. The largest absolute Gasteiger partial charge is 0.497 e. The van der Waals surface area contributed by atoms with Gasteiger partial charge in [-0.15, -0.1) is 0 Å². The molecule has 0 amide bonds. The smallest absolute Gasteiger partial charge is 0.336 e. The van der Waals surface area contributed by atoms with Crippen molar-refractivity contribution in [3.8, 4) is 23.0 Å².